The average Bonchev–Trinajstić information content (AvgIpc) is 2.89. The molecule has 0 radical (unpaired) electrons. The van der Waals surface area contributed by atoms with Crippen molar-refractivity contribution in [1.82, 2.24) is 4.98 Å². The quantitative estimate of drug-likeness (QED) is 0.692. The number of halogens is 2. The topological polar surface area (TPSA) is 42.0 Å². The molecule has 1 heterocycles. The van der Waals surface area contributed by atoms with Crippen LogP contribution in [0.25, 0.3) is 10.2 Å². The highest BCUT2D eigenvalue weighted by Gasteiger charge is 2.11. The molecule has 3 aromatic rings. The Kier molecular flexibility index (Phi) is 4.35. The number of hydrogen-bond donors (Lipinski definition) is 1. The Morgan fingerprint density at radius 1 is 1.14 bits per heavy atom. The summed E-state index contributed by atoms with van der Waals surface area (Å²) in [6.45, 7) is 0. The smallest absolute Gasteiger partial charge is 0.288 e. The average molecular weight is 336 g/mol. The lowest BCUT2D eigenvalue weighted by molar-refractivity contribution is 0.102. The number of para-hydroxylation sites is 1. The van der Waals surface area contributed by atoms with Crippen LogP contribution in [0.3, 0.4) is 0 Å². The van der Waals surface area contributed by atoms with Gasteiger partial charge >= 0.3 is 0 Å². The van der Waals surface area contributed by atoms with Gasteiger partial charge in [-0.25, -0.2) is 4.98 Å². The third kappa shape index (κ3) is 3.42. The van der Waals surface area contributed by atoms with Crippen molar-refractivity contribution >= 4 is 44.4 Å². The number of aromatic nitrogens is 1. The summed E-state index contributed by atoms with van der Waals surface area (Å²) in [5.41, 5.74) is 1.23. The van der Waals surface area contributed by atoms with Crippen LogP contribution in [0, 0.1) is 0 Å². The number of amides is 1. The number of anilines is 1. The highest BCUT2D eigenvalue weighted by Crippen LogP contribution is 2.27. The molecule has 0 aliphatic heterocycles. The van der Waals surface area contributed by atoms with Crippen molar-refractivity contribution in [2.24, 2.45) is 0 Å². The number of alkyl halides is 2. The summed E-state index contributed by atoms with van der Waals surface area (Å²) in [7, 11) is 0. The predicted octanol–water partition coefficient (Wildman–Crippen LogP) is 4.86. The van der Waals surface area contributed by atoms with E-state index in [-0.39, 0.29) is 5.91 Å². The van der Waals surface area contributed by atoms with E-state index in [0.717, 1.165) is 10.2 Å². The maximum Gasteiger partial charge on any atom is 0.288 e. The van der Waals surface area contributed by atoms with Gasteiger partial charge in [-0.2, -0.15) is 8.78 Å². The molecule has 22 heavy (non-hydrogen) atoms. The van der Waals surface area contributed by atoms with E-state index in [4.69, 9.17) is 0 Å². The second-order valence-corrected chi connectivity index (χ2v) is 6.44. The highest BCUT2D eigenvalue weighted by molar-refractivity contribution is 7.99. The van der Waals surface area contributed by atoms with E-state index in [1.807, 2.05) is 24.3 Å². The minimum absolute atomic E-state index is 0.312. The molecule has 0 fully saturated rings. The first kappa shape index (κ1) is 14.9. The Labute approximate surface area is 133 Å². The number of nitrogens with one attached hydrogen (secondary N) is 1. The number of thiazole rings is 1. The zero-order chi connectivity index (χ0) is 15.5. The van der Waals surface area contributed by atoms with Crippen molar-refractivity contribution < 1.29 is 13.6 Å². The van der Waals surface area contributed by atoms with Crippen molar-refractivity contribution in [2.75, 3.05) is 5.32 Å². The van der Waals surface area contributed by atoms with E-state index in [1.165, 1.54) is 35.6 Å². The molecule has 0 atom stereocenters. The van der Waals surface area contributed by atoms with Gasteiger partial charge in [0.15, 0.2) is 5.13 Å². The number of fused-ring (bicyclic) bond motifs is 1. The summed E-state index contributed by atoms with van der Waals surface area (Å²) in [5, 5.41) is 3.23. The second-order valence-electron chi connectivity index (χ2n) is 4.34. The Hall–Kier alpha value is -1.99. The monoisotopic (exact) mass is 336 g/mol. The van der Waals surface area contributed by atoms with Gasteiger partial charge in [0.05, 0.1) is 10.2 Å². The normalized spacial score (nSPS) is 11.0. The van der Waals surface area contributed by atoms with Crippen LogP contribution in [0.5, 0.6) is 0 Å². The molecule has 1 N–H and O–H groups in total. The first-order chi connectivity index (χ1) is 10.6. The third-order valence-corrected chi connectivity index (χ3v) is 4.53. The summed E-state index contributed by atoms with van der Waals surface area (Å²) in [6, 6.07) is 13.6. The van der Waals surface area contributed by atoms with Crippen molar-refractivity contribution in [1.29, 1.82) is 0 Å². The largest absolute Gasteiger partial charge is 0.298 e. The molecule has 0 saturated heterocycles. The van der Waals surface area contributed by atoms with Gasteiger partial charge in [0, 0.05) is 10.5 Å². The molecule has 0 saturated carbocycles. The predicted molar refractivity (Wildman–Crippen MR) is 85.9 cm³/mol. The van der Waals surface area contributed by atoms with Gasteiger partial charge in [0.1, 0.15) is 0 Å². The van der Waals surface area contributed by atoms with Gasteiger partial charge in [0.25, 0.3) is 11.7 Å². The molecule has 3 rings (SSSR count). The molecule has 0 unspecified atom stereocenters. The molecule has 1 aromatic heterocycles. The fourth-order valence-electron chi connectivity index (χ4n) is 1.88. The minimum atomic E-state index is -2.47. The summed E-state index contributed by atoms with van der Waals surface area (Å²) < 4.78 is 25.5. The molecule has 0 bridgehead atoms. The number of hydrogen-bond acceptors (Lipinski definition) is 4. The Balaban J connectivity index is 1.73. The maximum atomic E-state index is 12.2. The fourth-order valence-corrected chi connectivity index (χ4v) is 3.24. The molecule has 112 valence electrons. The zero-order valence-corrected chi connectivity index (χ0v) is 12.8. The van der Waals surface area contributed by atoms with Crippen LogP contribution < -0.4 is 5.32 Å². The van der Waals surface area contributed by atoms with Crippen molar-refractivity contribution in [2.45, 2.75) is 10.7 Å². The molecule has 0 spiro atoms. The van der Waals surface area contributed by atoms with Gasteiger partial charge in [-0.15, -0.1) is 0 Å². The van der Waals surface area contributed by atoms with Crippen LogP contribution in [0.2, 0.25) is 0 Å². The summed E-state index contributed by atoms with van der Waals surface area (Å²) in [6.07, 6.45) is 0. The number of thioether (sulfide) groups is 1. The molecular formula is C15H10F2N2OS2. The van der Waals surface area contributed by atoms with Gasteiger partial charge in [-0.05, 0) is 36.4 Å². The van der Waals surface area contributed by atoms with Gasteiger partial charge < -0.3 is 0 Å². The van der Waals surface area contributed by atoms with Crippen LogP contribution >= 0.6 is 23.1 Å². The number of carbonyl (C=O) groups excluding carboxylic acids is 1. The number of carbonyl (C=O) groups is 1. The lowest BCUT2D eigenvalue weighted by Crippen LogP contribution is -2.11. The van der Waals surface area contributed by atoms with Gasteiger partial charge in [0.2, 0.25) is 0 Å². The van der Waals surface area contributed by atoms with Crippen molar-refractivity contribution in [3.8, 4) is 0 Å². The Morgan fingerprint density at radius 3 is 2.55 bits per heavy atom. The SMILES string of the molecule is O=C(Nc1nc2ccccc2s1)c1ccc(SC(F)F)cc1. The lowest BCUT2D eigenvalue weighted by atomic mass is 10.2. The Bertz CT molecular complexity index is 770. The molecule has 0 aliphatic rings. The van der Waals surface area contributed by atoms with Gasteiger partial charge in [-0.1, -0.05) is 35.2 Å². The van der Waals surface area contributed by atoms with Crippen LogP contribution in [-0.2, 0) is 0 Å². The number of nitrogens with zero attached hydrogens (tertiary/aromatic N) is 1. The van der Waals surface area contributed by atoms with E-state index in [9.17, 15) is 13.6 Å². The van der Waals surface area contributed by atoms with Gasteiger partial charge in [-0.3, -0.25) is 10.1 Å². The molecule has 2 aromatic carbocycles. The number of benzene rings is 2. The maximum absolute atomic E-state index is 12.2. The van der Waals surface area contributed by atoms with Crippen LogP contribution in [0.4, 0.5) is 13.9 Å². The Morgan fingerprint density at radius 2 is 1.86 bits per heavy atom. The van der Waals surface area contributed by atoms with E-state index in [1.54, 1.807) is 0 Å². The molecular weight excluding hydrogens is 326 g/mol. The molecule has 1 amide bonds. The standard InChI is InChI=1S/C15H10F2N2OS2/c16-14(17)21-10-7-5-9(6-8-10)13(20)19-15-18-11-3-1-2-4-12(11)22-15/h1-8,14H,(H,18,19,20). The number of rotatable bonds is 4. The van der Waals surface area contributed by atoms with E-state index in [2.05, 4.69) is 10.3 Å². The van der Waals surface area contributed by atoms with E-state index >= 15 is 0 Å². The van der Waals surface area contributed by atoms with Crippen LogP contribution in [0.15, 0.2) is 53.4 Å². The molecule has 0 aliphatic carbocycles. The summed E-state index contributed by atoms with van der Waals surface area (Å²) in [5.74, 6) is -2.78. The molecule has 3 nitrogen and oxygen atoms in total. The third-order valence-electron chi connectivity index (χ3n) is 2.86. The van der Waals surface area contributed by atoms with Crippen LogP contribution in [-0.4, -0.2) is 16.6 Å². The second kappa shape index (κ2) is 6.41. The highest BCUT2D eigenvalue weighted by atomic mass is 32.2. The van der Waals surface area contributed by atoms with Crippen molar-refractivity contribution in [3.63, 3.8) is 0 Å². The van der Waals surface area contributed by atoms with E-state index in [0.29, 0.717) is 27.4 Å². The first-order valence-electron chi connectivity index (χ1n) is 6.33. The summed E-state index contributed by atoms with van der Waals surface area (Å²) >= 11 is 1.84. The van der Waals surface area contributed by atoms with E-state index < -0.39 is 5.76 Å². The lowest BCUT2D eigenvalue weighted by Gasteiger charge is -2.03. The summed E-state index contributed by atoms with van der Waals surface area (Å²) in [4.78, 5) is 16.9. The minimum Gasteiger partial charge on any atom is -0.298 e. The fraction of sp³-hybridized carbons (Fsp3) is 0.0667. The van der Waals surface area contributed by atoms with Crippen LogP contribution in [0.1, 0.15) is 10.4 Å². The first-order valence-corrected chi connectivity index (χ1v) is 8.03. The molecule has 7 heteroatoms. The van der Waals surface area contributed by atoms with Crippen molar-refractivity contribution in [3.05, 3.63) is 54.1 Å². The zero-order valence-electron chi connectivity index (χ0n) is 11.1.